The fourth-order valence-corrected chi connectivity index (χ4v) is 5.41. The Hall–Kier alpha value is -5.22. The van der Waals surface area contributed by atoms with Gasteiger partial charge in [-0.3, -0.25) is 4.90 Å². The standard InChI is InChI=1S/C32H34F3N7O5S/c1-5-47-31(45)41-48(4,46)26-11-7-10-24(17-26)38-29-36-18-27(28(40-29)37-20(2)19-43)21-12-14-25(15-13-21)42(3)30(44)39-23-9-6-8-22(16-23)32(33,34)35/h6-18,20,43H,5,19H2,1-4H3,(H,39,44)(H2,36,37,38,40). The number of hydrogen-bond acceptors (Lipinski definition) is 9. The fourth-order valence-electron chi connectivity index (χ4n) is 4.29. The summed E-state index contributed by atoms with van der Waals surface area (Å²) in [6.07, 6.45) is -2.57. The number of alkyl halides is 3. The highest BCUT2D eigenvalue weighted by Crippen LogP contribution is 2.32. The molecule has 0 aliphatic heterocycles. The summed E-state index contributed by atoms with van der Waals surface area (Å²) in [4.78, 5) is 35.2. The van der Waals surface area contributed by atoms with Gasteiger partial charge in [0.05, 0.1) is 28.5 Å². The first kappa shape index (κ1) is 35.6. The van der Waals surface area contributed by atoms with Crippen LogP contribution in [0.1, 0.15) is 19.4 Å². The molecule has 0 aliphatic carbocycles. The molecule has 4 N–H and O–H groups in total. The Morgan fingerprint density at radius 3 is 2.42 bits per heavy atom. The number of aromatic nitrogens is 2. The van der Waals surface area contributed by atoms with Crippen molar-refractivity contribution in [3.8, 4) is 11.1 Å². The second kappa shape index (κ2) is 15.1. The van der Waals surface area contributed by atoms with E-state index in [9.17, 15) is 32.1 Å². The number of benzene rings is 3. The van der Waals surface area contributed by atoms with Crippen LogP contribution in [-0.4, -0.2) is 64.0 Å². The summed E-state index contributed by atoms with van der Waals surface area (Å²) in [5, 5.41) is 18.4. The minimum Gasteiger partial charge on any atom is -0.448 e. The highest BCUT2D eigenvalue weighted by Gasteiger charge is 2.30. The molecule has 48 heavy (non-hydrogen) atoms. The first-order valence-electron chi connectivity index (χ1n) is 14.5. The minimum absolute atomic E-state index is 0.000412. The van der Waals surface area contributed by atoms with Gasteiger partial charge in [-0.25, -0.2) is 18.8 Å². The number of anilines is 5. The van der Waals surface area contributed by atoms with Gasteiger partial charge in [-0.2, -0.15) is 18.2 Å². The van der Waals surface area contributed by atoms with Crippen molar-refractivity contribution in [1.29, 1.82) is 0 Å². The zero-order valence-corrected chi connectivity index (χ0v) is 27.2. The van der Waals surface area contributed by atoms with Gasteiger partial charge in [0.1, 0.15) is 5.82 Å². The molecule has 0 spiro atoms. The lowest BCUT2D eigenvalue weighted by Gasteiger charge is -2.20. The summed E-state index contributed by atoms with van der Waals surface area (Å²) in [5.74, 6) is 0.557. The van der Waals surface area contributed by atoms with E-state index in [2.05, 4.69) is 30.3 Å². The molecule has 0 saturated carbocycles. The van der Waals surface area contributed by atoms with Crippen molar-refractivity contribution in [3.63, 3.8) is 0 Å². The summed E-state index contributed by atoms with van der Waals surface area (Å²) < 4.78 is 60.8. The molecule has 3 amide bonds. The molecule has 0 fully saturated rings. The summed E-state index contributed by atoms with van der Waals surface area (Å²) in [6, 6.07) is 16.6. The number of aliphatic hydroxyl groups excluding tert-OH is 1. The van der Waals surface area contributed by atoms with E-state index >= 15 is 0 Å². The normalized spacial score (nSPS) is 13.1. The first-order chi connectivity index (χ1) is 22.7. The van der Waals surface area contributed by atoms with Crippen molar-refractivity contribution < 1.29 is 36.8 Å². The van der Waals surface area contributed by atoms with E-state index in [0.29, 0.717) is 28.3 Å². The van der Waals surface area contributed by atoms with Gasteiger partial charge < -0.3 is 25.8 Å². The Bertz CT molecular complexity index is 1900. The van der Waals surface area contributed by atoms with E-state index in [1.807, 2.05) is 0 Å². The Balaban J connectivity index is 1.55. The zero-order valence-electron chi connectivity index (χ0n) is 26.4. The summed E-state index contributed by atoms with van der Waals surface area (Å²) in [5.41, 5.74) is 1.30. The number of rotatable bonds is 10. The average Bonchev–Trinajstić information content (AvgIpc) is 3.04. The molecule has 2 atom stereocenters. The van der Waals surface area contributed by atoms with Crippen LogP contribution in [0.2, 0.25) is 0 Å². The molecular weight excluding hydrogens is 651 g/mol. The molecular formula is C32H34F3N7O5S. The van der Waals surface area contributed by atoms with Gasteiger partial charge >= 0.3 is 18.3 Å². The molecule has 1 aromatic heterocycles. The van der Waals surface area contributed by atoms with Crippen molar-refractivity contribution in [2.75, 3.05) is 47.4 Å². The van der Waals surface area contributed by atoms with Crippen molar-refractivity contribution >= 4 is 50.7 Å². The van der Waals surface area contributed by atoms with Crippen LogP contribution >= 0.6 is 0 Å². The second-order valence-corrected chi connectivity index (χ2v) is 12.8. The predicted octanol–water partition coefficient (Wildman–Crippen LogP) is 6.98. The molecule has 0 bridgehead atoms. The number of carbonyl (C=O) groups excluding carboxylic acids is 2. The minimum atomic E-state index is -4.54. The zero-order chi connectivity index (χ0) is 35.1. The largest absolute Gasteiger partial charge is 0.448 e. The third-order valence-electron chi connectivity index (χ3n) is 6.80. The molecule has 3 aromatic carbocycles. The van der Waals surface area contributed by atoms with Crippen LogP contribution < -0.4 is 20.9 Å². The topological polar surface area (TPSA) is 158 Å². The van der Waals surface area contributed by atoms with Gasteiger partial charge in [-0.05, 0) is 67.9 Å². The van der Waals surface area contributed by atoms with Crippen LogP contribution in [0.3, 0.4) is 0 Å². The lowest BCUT2D eigenvalue weighted by atomic mass is 10.1. The molecule has 4 rings (SSSR count). The maximum atomic E-state index is 13.1. The Kier molecular flexibility index (Phi) is 11.2. The monoisotopic (exact) mass is 685 g/mol. The number of hydrogen-bond donors (Lipinski definition) is 4. The van der Waals surface area contributed by atoms with Crippen LogP contribution in [0, 0.1) is 0 Å². The van der Waals surface area contributed by atoms with Crippen molar-refractivity contribution in [2.24, 2.45) is 4.36 Å². The van der Waals surface area contributed by atoms with Crippen molar-refractivity contribution in [3.05, 3.63) is 84.6 Å². The smallest absolute Gasteiger partial charge is 0.442 e. The highest BCUT2D eigenvalue weighted by atomic mass is 32.2. The maximum Gasteiger partial charge on any atom is 0.442 e. The van der Waals surface area contributed by atoms with Gasteiger partial charge in [-0.1, -0.05) is 24.3 Å². The molecule has 0 radical (unpaired) electrons. The first-order valence-corrected chi connectivity index (χ1v) is 16.5. The summed E-state index contributed by atoms with van der Waals surface area (Å²) in [7, 11) is -1.61. The van der Waals surface area contributed by atoms with Crippen LogP contribution in [-0.2, 0) is 20.6 Å². The SMILES string of the molecule is CCOC(=O)N=S(C)(=O)c1cccc(Nc2ncc(-c3ccc(N(C)C(=O)Nc4cccc(C(F)(F)F)c4)cc3)c(NC(C)CO)n2)c1. The lowest BCUT2D eigenvalue weighted by Crippen LogP contribution is -2.31. The molecule has 1 heterocycles. The van der Waals surface area contributed by atoms with Crippen molar-refractivity contribution in [1.82, 2.24) is 9.97 Å². The van der Waals surface area contributed by atoms with Gasteiger partial charge in [0.25, 0.3) is 0 Å². The van der Waals surface area contributed by atoms with Crippen LogP contribution in [0.15, 0.2) is 88.3 Å². The number of halogens is 3. The molecule has 254 valence electrons. The van der Waals surface area contributed by atoms with E-state index < -0.39 is 33.6 Å². The number of aliphatic hydroxyl groups is 1. The van der Waals surface area contributed by atoms with E-state index in [-0.39, 0.29) is 35.8 Å². The highest BCUT2D eigenvalue weighted by molar-refractivity contribution is 7.93. The number of nitrogens with zero attached hydrogens (tertiary/aromatic N) is 4. The van der Waals surface area contributed by atoms with Gasteiger partial charge in [0.15, 0.2) is 0 Å². The van der Waals surface area contributed by atoms with E-state index in [0.717, 1.165) is 12.1 Å². The van der Waals surface area contributed by atoms with Crippen LogP contribution in [0.25, 0.3) is 11.1 Å². The molecule has 4 aromatic rings. The van der Waals surface area contributed by atoms with Gasteiger partial charge in [0.2, 0.25) is 5.95 Å². The molecule has 0 aliphatic rings. The number of carbonyl (C=O) groups is 2. The molecule has 12 nitrogen and oxygen atoms in total. The molecule has 16 heteroatoms. The number of ether oxygens (including phenoxy) is 1. The number of nitrogens with one attached hydrogen (secondary N) is 3. The van der Waals surface area contributed by atoms with Crippen LogP contribution in [0.4, 0.5) is 51.6 Å². The maximum absolute atomic E-state index is 13.1. The molecule has 0 saturated heterocycles. The lowest BCUT2D eigenvalue weighted by molar-refractivity contribution is -0.137. The Morgan fingerprint density at radius 2 is 1.75 bits per heavy atom. The summed E-state index contributed by atoms with van der Waals surface area (Å²) in [6.45, 7) is 3.29. The average molecular weight is 686 g/mol. The van der Waals surface area contributed by atoms with E-state index in [1.165, 1.54) is 30.3 Å². The molecule has 2 unspecified atom stereocenters. The van der Waals surface area contributed by atoms with Gasteiger partial charge in [0, 0.05) is 53.1 Å². The Labute approximate surface area is 275 Å². The predicted molar refractivity (Wildman–Crippen MR) is 178 cm³/mol. The Morgan fingerprint density at radius 1 is 1.06 bits per heavy atom. The third-order valence-corrected chi connectivity index (χ3v) is 8.43. The fraction of sp³-hybridized carbons (Fsp3) is 0.250. The third kappa shape index (κ3) is 9.19. The van der Waals surface area contributed by atoms with E-state index in [4.69, 9.17) is 4.74 Å². The van der Waals surface area contributed by atoms with E-state index in [1.54, 1.807) is 68.6 Å². The van der Waals surface area contributed by atoms with Gasteiger partial charge in [-0.15, -0.1) is 4.36 Å². The quantitative estimate of drug-likeness (QED) is 0.138. The summed E-state index contributed by atoms with van der Waals surface area (Å²) >= 11 is 0. The van der Waals surface area contributed by atoms with Crippen LogP contribution in [0.5, 0.6) is 0 Å². The second-order valence-electron chi connectivity index (χ2n) is 10.5. The van der Waals surface area contributed by atoms with Crippen molar-refractivity contribution in [2.45, 2.75) is 31.0 Å². The number of urea groups is 1. The number of amides is 3.